The van der Waals surface area contributed by atoms with Gasteiger partial charge >= 0.3 is 5.97 Å². The number of pyridine rings is 1. The van der Waals surface area contributed by atoms with Crippen LogP contribution in [-0.4, -0.2) is 34.6 Å². The van der Waals surface area contributed by atoms with Crippen LogP contribution in [0, 0.1) is 0 Å². The lowest BCUT2D eigenvalue weighted by Gasteiger charge is -2.19. The Morgan fingerprint density at radius 1 is 0.933 bits per heavy atom. The molecule has 0 saturated carbocycles. The number of benzene rings is 2. The van der Waals surface area contributed by atoms with Crippen LogP contribution in [0.25, 0.3) is 0 Å². The van der Waals surface area contributed by atoms with E-state index < -0.39 is 23.5 Å². The highest BCUT2D eigenvalue weighted by Gasteiger charge is 2.23. The second-order valence-electron chi connectivity index (χ2n) is 6.85. The Balaban J connectivity index is 1.95. The molecule has 7 nitrogen and oxygen atoms in total. The summed E-state index contributed by atoms with van der Waals surface area (Å²) >= 11 is 0. The molecule has 0 aliphatic rings. The minimum absolute atomic E-state index is 0.0706. The van der Waals surface area contributed by atoms with Gasteiger partial charge in [-0.2, -0.15) is 0 Å². The summed E-state index contributed by atoms with van der Waals surface area (Å²) in [6, 6.07) is 21.4. The van der Waals surface area contributed by atoms with Crippen molar-refractivity contribution in [2.24, 2.45) is 5.73 Å². The topological polar surface area (TPSA) is 125 Å². The van der Waals surface area contributed by atoms with Gasteiger partial charge in [0.15, 0.2) is 0 Å². The second-order valence-corrected chi connectivity index (χ2v) is 6.85. The molecule has 0 aliphatic carbocycles. The number of carbonyl (C=O) groups excluding carboxylic acids is 1. The summed E-state index contributed by atoms with van der Waals surface area (Å²) in [5.74, 6) is -2.17. The van der Waals surface area contributed by atoms with Crippen LogP contribution in [0.5, 0.6) is 0 Å². The Morgan fingerprint density at radius 3 is 1.97 bits per heavy atom. The van der Waals surface area contributed by atoms with Gasteiger partial charge in [-0.25, -0.2) is 4.79 Å². The lowest BCUT2D eigenvalue weighted by molar-refractivity contribution is -0.139. The van der Waals surface area contributed by atoms with Crippen molar-refractivity contribution in [2.45, 2.75) is 18.4 Å². The fourth-order valence-electron chi connectivity index (χ4n) is 3.34. The number of hydrogen-bond donors (Lipinski definition) is 4. The third kappa shape index (κ3) is 4.82. The third-order valence-electron chi connectivity index (χ3n) is 4.81. The fourth-order valence-corrected chi connectivity index (χ4v) is 3.34. The maximum atomic E-state index is 12.7. The van der Waals surface area contributed by atoms with Crippen molar-refractivity contribution in [1.29, 1.82) is 0 Å². The summed E-state index contributed by atoms with van der Waals surface area (Å²) in [6.07, 6.45) is 0.0706. The Labute approximate surface area is 173 Å². The van der Waals surface area contributed by atoms with Crippen LogP contribution < -0.4 is 16.6 Å². The second kappa shape index (κ2) is 9.67. The highest BCUT2D eigenvalue weighted by molar-refractivity contribution is 5.96. The largest absolute Gasteiger partial charge is 0.480 e. The number of amides is 1. The average molecular weight is 405 g/mol. The minimum Gasteiger partial charge on any atom is -0.480 e. The first-order valence-corrected chi connectivity index (χ1v) is 9.58. The Morgan fingerprint density at radius 2 is 1.50 bits per heavy atom. The fraction of sp³-hybridized carbons (Fsp3) is 0.174. The SMILES string of the molecule is NCC[C@H](NC(=O)c1ccc(C(c2ccccc2)c2ccccc2)[nH]c1=O)C(=O)O. The van der Waals surface area contributed by atoms with Gasteiger partial charge in [0.25, 0.3) is 11.5 Å². The molecule has 0 aliphatic heterocycles. The smallest absolute Gasteiger partial charge is 0.326 e. The van der Waals surface area contributed by atoms with E-state index in [0.717, 1.165) is 11.1 Å². The molecule has 0 radical (unpaired) electrons. The van der Waals surface area contributed by atoms with Crippen LogP contribution in [0.1, 0.15) is 39.5 Å². The van der Waals surface area contributed by atoms with Gasteiger partial charge in [0.05, 0.1) is 0 Å². The van der Waals surface area contributed by atoms with Crippen LogP contribution >= 0.6 is 0 Å². The molecule has 0 bridgehead atoms. The van der Waals surface area contributed by atoms with E-state index in [-0.39, 0.29) is 24.4 Å². The molecule has 0 saturated heterocycles. The van der Waals surface area contributed by atoms with E-state index in [2.05, 4.69) is 10.3 Å². The number of aromatic nitrogens is 1. The Bertz CT molecular complexity index is 1030. The number of rotatable bonds is 8. The van der Waals surface area contributed by atoms with Crippen LogP contribution in [0.3, 0.4) is 0 Å². The van der Waals surface area contributed by atoms with Crippen LogP contribution in [0.2, 0.25) is 0 Å². The van der Waals surface area contributed by atoms with E-state index in [9.17, 15) is 19.5 Å². The van der Waals surface area contributed by atoms with E-state index in [1.807, 2.05) is 60.7 Å². The van der Waals surface area contributed by atoms with E-state index in [1.165, 1.54) is 6.07 Å². The minimum atomic E-state index is -1.20. The number of H-pyrrole nitrogens is 1. The van der Waals surface area contributed by atoms with E-state index in [0.29, 0.717) is 5.69 Å². The zero-order chi connectivity index (χ0) is 21.5. The summed E-state index contributed by atoms with van der Waals surface area (Å²) in [7, 11) is 0. The normalized spacial score (nSPS) is 11.8. The van der Waals surface area contributed by atoms with Gasteiger partial charge in [0.2, 0.25) is 0 Å². The summed E-state index contributed by atoms with van der Waals surface area (Å²) < 4.78 is 0. The third-order valence-corrected chi connectivity index (χ3v) is 4.81. The number of carbonyl (C=O) groups is 2. The number of carboxylic acid groups (broad SMARTS) is 1. The molecule has 1 atom stereocenters. The first kappa shape index (κ1) is 21.0. The number of carboxylic acids is 1. The first-order chi connectivity index (χ1) is 14.5. The zero-order valence-corrected chi connectivity index (χ0v) is 16.2. The predicted molar refractivity (Wildman–Crippen MR) is 113 cm³/mol. The summed E-state index contributed by atoms with van der Waals surface area (Å²) in [6.45, 7) is 0.0996. The van der Waals surface area contributed by atoms with Crippen LogP contribution in [0.15, 0.2) is 77.6 Å². The molecule has 2 aromatic carbocycles. The molecule has 1 amide bonds. The zero-order valence-electron chi connectivity index (χ0n) is 16.2. The average Bonchev–Trinajstić information content (AvgIpc) is 2.75. The van der Waals surface area contributed by atoms with Gasteiger partial charge in [-0.15, -0.1) is 0 Å². The highest BCUT2D eigenvalue weighted by atomic mass is 16.4. The number of nitrogens with two attached hydrogens (primary N) is 1. The molecule has 0 spiro atoms. The van der Waals surface area contributed by atoms with Crippen molar-refractivity contribution in [2.75, 3.05) is 6.54 Å². The molecule has 0 fully saturated rings. The molecule has 7 heteroatoms. The summed E-state index contributed by atoms with van der Waals surface area (Å²) in [5.41, 5.74) is 7.27. The lowest BCUT2D eigenvalue weighted by Crippen LogP contribution is -2.43. The van der Waals surface area contributed by atoms with E-state index in [1.54, 1.807) is 6.07 Å². The van der Waals surface area contributed by atoms with E-state index in [4.69, 9.17) is 5.73 Å². The monoisotopic (exact) mass is 405 g/mol. The molecule has 3 aromatic rings. The standard InChI is InChI=1S/C23H23N3O4/c24-14-13-19(23(29)30)26-22(28)17-11-12-18(25-21(17)27)20(15-7-3-1-4-8-15)16-9-5-2-6-10-16/h1-12,19-20H,13-14,24H2,(H,25,27)(H,26,28)(H,29,30)/t19-/m0/s1. The summed E-state index contributed by atoms with van der Waals surface area (Å²) in [4.78, 5) is 39.2. The van der Waals surface area contributed by atoms with Crippen LogP contribution in [-0.2, 0) is 4.79 Å². The molecular formula is C23H23N3O4. The molecule has 30 heavy (non-hydrogen) atoms. The van der Waals surface area contributed by atoms with Crippen molar-refractivity contribution in [3.63, 3.8) is 0 Å². The highest BCUT2D eigenvalue weighted by Crippen LogP contribution is 2.30. The number of hydrogen-bond acceptors (Lipinski definition) is 4. The van der Waals surface area contributed by atoms with Crippen molar-refractivity contribution >= 4 is 11.9 Å². The molecule has 0 unspecified atom stereocenters. The number of aromatic amines is 1. The molecule has 154 valence electrons. The van der Waals surface area contributed by atoms with Gasteiger partial charge in [0.1, 0.15) is 11.6 Å². The summed E-state index contributed by atoms with van der Waals surface area (Å²) in [5, 5.41) is 11.5. The quantitative estimate of drug-likeness (QED) is 0.457. The van der Waals surface area contributed by atoms with Crippen molar-refractivity contribution in [1.82, 2.24) is 10.3 Å². The van der Waals surface area contributed by atoms with E-state index >= 15 is 0 Å². The first-order valence-electron chi connectivity index (χ1n) is 9.58. The predicted octanol–water partition coefficient (Wildman–Crippen LogP) is 2.09. The molecular weight excluding hydrogens is 382 g/mol. The maximum absolute atomic E-state index is 12.7. The van der Waals surface area contributed by atoms with Crippen molar-refractivity contribution < 1.29 is 14.7 Å². The van der Waals surface area contributed by atoms with Gasteiger partial charge in [-0.3, -0.25) is 9.59 Å². The lowest BCUT2D eigenvalue weighted by atomic mass is 9.88. The van der Waals surface area contributed by atoms with Gasteiger partial charge in [-0.05, 0) is 36.2 Å². The van der Waals surface area contributed by atoms with Crippen molar-refractivity contribution in [3.05, 3.63) is 106 Å². The van der Waals surface area contributed by atoms with Gasteiger partial charge in [-0.1, -0.05) is 60.7 Å². The number of aliphatic carboxylic acids is 1. The number of nitrogens with one attached hydrogen (secondary N) is 2. The molecule has 3 rings (SSSR count). The van der Waals surface area contributed by atoms with Crippen LogP contribution in [0.4, 0.5) is 0 Å². The molecule has 1 aromatic heterocycles. The molecule has 5 N–H and O–H groups in total. The maximum Gasteiger partial charge on any atom is 0.326 e. The van der Waals surface area contributed by atoms with Gasteiger partial charge < -0.3 is 21.1 Å². The Hall–Kier alpha value is -3.71. The Kier molecular flexibility index (Phi) is 6.77. The van der Waals surface area contributed by atoms with Gasteiger partial charge in [0, 0.05) is 11.6 Å². The molecule has 1 heterocycles. The van der Waals surface area contributed by atoms with Crippen molar-refractivity contribution in [3.8, 4) is 0 Å².